The lowest BCUT2D eigenvalue weighted by molar-refractivity contribution is 0.0941. The Morgan fingerprint density at radius 2 is 1.93 bits per heavy atom. The number of nitrogens with two attached hydrogens (primary N) is 1. The van der Waals surface area contributed by atoms with Crippen LogP contribution in [-0.4, -0.2) is 11.8 Å². The summed E-state index contributed by atoms with van der Waals surface area (Å²) >= 11 is 11.7. The minimum Gasteiger partial charge on any atom is -0.321 e. The van der Waals surface area contributed by atoms with Crippen molar-refractivity contribution in [2.75, 3.05) is 0 Å². The van der Waals surface area contributed by atoms with E-state index in [2.05, 4.69) is 0 Å². The molecule has 82 valence electrons. The van der Waals surface area contributed by atoms with E-state index in [1.807, 2.05) is 13.8 Å². The van der Waals surface area contributed by atoms with E-state index in [1.165, 1.54) is 0 Å². The molecular weight excluding hydrogens is 233 g/mol. The maximum atomic E-state index is 11.9. The minimum absolute atomic E-state index is 0.0764. The fourth-order valence-corrected chi connectivity index (χ4v) is 1.55. The van der Waals surface area contributed by atoms with E-state index in [-0.39, 0.29) is 11.7 Å². The third kappa shape index (κ3) is 2.94. The molecule has 0 saturated heterocycles. The SMILES string of the molecule is CC(C)C(N)C(=O)c1cc(Cl)ccc1Cl. The van der Waals surface area contributed by atoms with Crippen LogP contribution in [0.25, 0.3) is 0 Å². The van der Waals surface area contributed by atoms with Gasteiger partial charge in [-0.1, -0.05) is 37.0 Å². The van der Waals surface area contributed by atoms with Gasteiger partial charge in [0.1, 0.15) is 0 Å². The van der Waals surface area contributed by atoms with E-state index in [4.69, 9.17) is 28.9 Å². The summed E-state index contributed by atoms with van der Waals surface area (Å²) in [5.41, 5.74) is 6.15. The topological polar surface area (TPSA) is 43.1 Å². The third-order valence-corrected chi connectivity index (χ3v) is 2.78. The largest absolute Gasteiger partial charge is 0.321 e. The van der Waals surface area contributed by atoms with Gasteiger partial charge in [-0.15, -0.1) is 0 Å². The molecule has 0 radical (unpaired) electrons. The molecule has 0 heterocycles. The zero-order chi connectivity index (χ0) is 11.6. The second-order valence-electron chi connectivity index (χ2n) is 3.76. The molecule has 0 bridgehead atoms. The van der Waals surface area contributed by atoms with E-state index < -0.39 is 6.04 Å². The van der Waals surface area contributed by atoms with Gasteiger partial charge in [-0.2, -0.15) is 0 Å². The Hall–Kier alpha value is -0.570. The maximum Gasteiger partial charge on any atom is 0.181 e. The van der Waals surface area contributed by atoms with Gasteiger partial charge in [0.25, 0.3) is 0 Å². The lowest BCUT2D eigenvalue weighted by Gasteiger charge is -2.15. The van der Waals surface area contributed by atoms with E-state index in [9.17, 15) is 4.79 Å². The highest BCUT2D eigenvalue weighted by Crippen LogP contribution is 2.22. The fraction of sp³-hybridized carbons (Fsp3) is 0.364. The standard InChI is InChI=1S/C11H13Cl2NO/c1-6(2)10(14)11(15)8-5-7(12)3-4-9(8)13/h3-6,10H,14H2,1-2H3. The average molecular weight is 246 g/mol. The highest BCUT2D eigenvalue weighted by Gasteiger charge is 2.21. The van der Waals surface area contributed by atoms with E-state index in [0.29, 0.717) is 15.6 Å². The number of Topliss-reactive ketones (excluding diaryl/α,β-unsaturated/α-hetero) is 1. The number of hydrogen-bond donors (Lipinski definition) is 1. The van der Waals surface area contributed by atoms with Gasteiger partial charge in [0.2, 0.25) is 0 Å². The number of rotatable bonds is 3. The van der Waals surface area contributed by atoms with E-state index in [0.717, 1.165) is 0 Å². The first-order valence-corrected chi connectivity index (χ1v) is 5.44. The highest BCUT2D eigenvalue weighted by atomic mass is 35.5. The fourth-order valence-electron chi connectivity index (χ4n) is 1.17. The number of benzene rings is 1. The molecule has 0 aliphatic carbocycles. The van der Waals surface area contributed by atoms with Gasteiger partial charge in [-0.3, -0.25) is 4.79 Å². The molecule has 4 heteroatoms. The third-order valence-electron chi connectivity index (χ3n) is 2.21. The van der Waals surface area contributed by atoms with Crippen LogP contribution >= 0.6 is 23.2 Å². The molecule has 2 N–H and O–H groups in total. The van der Waals surface area contributed by atoms with Gasteiger partial charge in [0, 0.05) is 10.6 Å². The van der Waals surface area contributed by atoms with Crippen molar-refractivity contribution in [3.63, 3.8) is 0 Å². The number of halogens is 2. The molecule has 0 saturated carbocycles. The quantitative estimate of drug-likeness (QED) is 0.832. The predicted molar refractivity (Wildman–Crippen MR) is 63.6 cm³/mol. The van der Waals surface area contributed by atoms with Gasteiger partial charge < -0.3 is 5.73 Å². The molecule has 0 fully saturated rings. The van der Waals surface area contributed by atoms with Crippen molar-refractivity contribution in [1.82, 2.24) is 0 Å². The van der Waals surface area contributed by atoms with Crippen molar-refractivity contribution in [3.8, 4) is 0 Å². The monoisotopic (exact) mass is 245 g/mol. The number of carbonyl (C=O) groups excluding carboxylic acids is 1. The Bertz CT molecular complexity index is 377. The smallest absolute Gasteiger partial charge is 0.181 e. The summed E-state index contributed by atoms with van der Waals surface area (Å²) in [7, 11) is 0. The Kier molecular flexibility index (Phi) is 4.14. The number of carbonyl (C=O) groups is 1. The molecule has 0 aliphatic heterocycles. The summed E-state index contributed by atoms with van der Waals surface area (Å²) in [4.78, 5) is 11.9. The van der Waals surface area contributed by atoms with Crippen LogP contribution in [0.4, 0.5) is 0 Å². The van der Waals surface area contributed by atoms with Crippen molar-refractivity contribution in [2.45, 2.75) is 19.9 Å². The normalized spacial score (nSPS) is 12.9. The summed E-state index contributed by atoms with van der Waals surface area (Å²) < 4.78 is 0. The van der Waals surface area contributed by atoms with Crippen LogP contribution in [-0.2, 0) is 0 Å². The molecule has 1 unspecified atom stereocenters. The van der Waals surface area contributed by atoms with E-state index in [1.54, 1.807) is 18.2 Å². The van der Waals surface area contributed by atoms with Crippen LogP contribution in [0.2, 0.25) is 10.0 Å². The molecule has 2 nitrogen and oxygen atoms in total. The second-order valence-corrected chi connectivity index (χ2v) is 4.60. The molecule has 0 aliphatic rings. The van der Waals surface area contributed by atoms with Gasteiger partial charge in [-0.25, -0.2) is 0 Å². The number of hydrogen-bond acceptors (Lipinski definition) is 2. The number of ketones is 1. The first-order valence-electron chi connectivity index (χ1n) is 4.68. The van der Waals surface area contributed by atoms with E-state index >= 15 is 0 Å². The van der Waals surface area contributed by atoms with Crippen molar-refractivity contribution in [2.24, 2.45) is 11.7 Å². The van der Waals surface area contributed by atoms with Gasteiger partial charge in [-0.05, 0) is 24.1 Å². The van der Waals surface area contributed by atoms with Crippen molar-refractivity contribution < 1.29 is 4.79 Å². The molecule has 15 heavy (non-hydrogen) atoms. The molecular formula is C11H13Cl2NO. The summed E-state index contributed by atoms with van der Waals surface area (Å²) in [6, 6.07) is 4.25. The van der Waals surface area contributed by atoms with Crippen molar-refractivity contribution >= 4 is 29.0 Å². The molecule has 0 aromatic heterocycles. The molecule has 1 aromatic rings. The lowest BCUT2D eigenvalue weighted by atomic mass is 9.96. The molecule has 1 rings (SSSR count). The first-order chi connectivity index (χ1) is 6.93. The molecule has 0 spiro atoms. The van der Waals surface area contributed by atoms with Crippen LogP contribution in [0.15, 0.2) is 18.2 Å². The Morgan fingerprint density at radius 1 is 1.33 bits per heavy atom. The van der Waals surface area contributed by atoms with Crippen molar-refractivity contribution in [3.05, 3.63) is 33.8 Å². The Morgan fingerprint density at radius 3 is 2.47 bits per heavy atom. The highest BCUT2D eigenvalue weighted by molar-refractivity contribution is 6.36. The van der Waals surface area contributed by atoms with Crippen LogP contribution in [0.5, 0.6) is 0 Å². The van der Waals surface area contributed by atoms with Crippen molar-refractivity contribution in [1.29, 1.82) is 0 Å². The predicted octanol–water partition coefficient (Wildman–Crippen LogP) is 3.16. The van der Waals surface area contributed by atoms with Gasteiger partial charge in [0.15, 0.2) is 5.78 Å². The Labute approximate surface area is 99.4 Å². The maximum absolute atomic E-state index is 11.9. The van der Waals surface area contributed by atoms with Gasteiger partial charge >= 0.3 is 0 Å². The second kappa shape index (κ2) is 4.97. The first kappa shape index (κ1) is 12.5. The van der Waals surface area contributed by atoms with Gasteiger partial charge in [0.05, 0.1) is 11.1 Å². The summed E-state index contributed by atoms with van der Waals surface area (Å²) in [6.07, 6.45) is 0. The Balaban J connectivity index is 3.05. The zero-order valence-corrected chi connectivity index (χ0v) is 10.1. The van der Waals surface area contributed by atoms with Crippen LogP contribution in [0.3, 0.4) is 0 Å². The van der Waals surface area contributed by atoms with Crippen LogP contribution in [0, 0.1) is 5.92 Å². The zero-order valence-electron chi connectivity index (χ0n) is 8.63. The summed E-state index contributed by atoms with van der Waals surface area (Å²) in [5.74, 6) is -0.0925. The molecule has 0 amide bonds. The van der Waals surface area contributed by atoms with Crippen LogP contribution in [0.1, 0.15) is 24.2 Å². The lowest BCUT2D eigenvalue weighted by Crippen LogP contribution is -2.35. The summed E-state index contributed by atoms with van der Waals surface area (Å²) in [5, 5.41) is 0.874. The molecule has 1 aromatic carbocycles. The average Bonchev–Trinajstić information content (AvgIpc) is 2.19. The van der Waals surface area contributed by atoms with Crippen LogP contribution < -0.4 is 5.73 Å². The summed E-state index contributed by atoms with van der Waals surface area (Å²) in [6.45, 7) is 3.78. The minimum atomic E-state index is -0.541. The molecule has 1 atom stereocenters.